The zero-order chi connectivity index (χ0) is 11.0. The van der Waals surface area contributed by atoms with E-state index in [2.05, 4.69) is 0 Å². The maximum Gasteiger partial charge on any atom is 0.432 e. The van der Waals surface area contributed by atoms with Crippen LogP contribution in [-0.2, 0) is 0 Å². The maximum atomic E-state index is 10.9. The van der Waals surface area contributed by atoms with Gasteiger partial charge in [-0.05, 0) is 17.5 Å². The molecule has 6 nitrogen and oxygen atoms in total. The fraction of sp³-hybridized carbons (Fsp3) is 0. The number of hydrazine groups is 1. The number of carboxylic acid groups (broad SMARTS) is 2. The third-order valence-electron chi connectivity index (χ3n) is 1.85. The number of anilines is 1. The van der Waals surface area contributed by atoms with Gasteiger partial charge in [0.15, 0.2) is 0 Å². The van der Waals surface area contributed by atoms with Gasteiger partial charge in [0.05, 0.1) is 0 Å². The maximum absolute atomic E-state index is 10.9. The van der Waals surface area contributed by atoms with Gasteiger partial charge in [0.25, 0.3) is 0 Å². The van der Waals surface area contributed by atoms with Crippen molar-refractivity contribution in [2.75, 3.05) is 5.01 Å². The van der Waals surface area contributed by atoms with Crippen molar-refractivity contribution in [3.05, 3.63) is 23.2 Å². The first kappa shape index (κ1) is 9.53. The van der Waals surface area contributed by atoms with Gasteiger partial charge in [-0.15, -0.1) is 11.3 Å². The van der Waals surface area contributed by atoms with Gasteiger partial charge in [-0.3, -0.25) is 0 Å². The van der Waals surface area contributed by atoms with E-state index in [9.17, 15) is 9.59 Å². The van der Waals surface area contributed by atoms with E-state index in [1.165, 1.54) is 17.5 Å². The Kier molecular flexibility index (Phi) is 2.09. The van der Waals surface area contributed by atoms with Crippen molar-refractivity contribution in [2.24, 2.45) is 0 Å². The number of carbonyl (C=O) groups is 2. The summed E-state index contributed by atoms with van der Waals surface area (Å²) in [6.45, 7) is 0. The van der Waals surface area contributed by atoms with Gasteiger partial charge in [-0.25, -0.2) is 9.59 Å². The normalized spacial score (nSPS) is 13.9. The molecule has 78 valence electrons. The van der Waals surface area contributed by atoms with Crippen LogP contribution in [-0.4, -0.2) is 27.4 Å². The van der Waals surface area contributed by atoms with Crippen molar-refractivity contribution in [2.45, 2.75) is 0 Å². The average molecular weight is 226 g/mol. The molecule has 7 heteroatoms. The molecule has 0 atom stereocenters. The van der Waals surface area contributed by atoms with E-state index in [-0.39, 0.29) is 0 Å². The average Bonchev–Trinajstić information content (AvgIpc) is 2.62. The van der Waals surface area contributed by atoms with Gasteiger partial charge < -0.3 is 10.2 Å². The highest BCUT2D eigenvalue weighted by atomic mass is 32.1. The number of hydrogen-bond acceptors (Lipinski definition) is 3. The predicted molar refractivity (Wildman–Crippen MR) is 53.7 cm³/mol. The molecule has 15 heavy (non-hydrogen) atoms. The van der Waals surface area contributed by atoms with Crippen LogP contribution in [0.25, 0.3) is 6.08 Å². The molecule has 2 rings (SSSR count). The Morgan fingerprint density at radius 3 is 2.60 bits per heavy atom. The zero-order valence-electron chi connectivity index (χ0n) is 7.32. The van der Waals surface area contributed by atoms with Crippen LogP contribution >= 0.6 is 11.3 Å². The number of thiophene rings is 1. The summed E-state index contributed by atoms with van der Waals surface area (Å²) in [6, 6.07) is 1.73. The van der Waals surface area contributed by atoms with Gasteiger partial charge in [-0.2, -0.15) is 10.0 Å². The highest BCUT2D eigenvalue weighted by Crippen LogP contribution is 2.33. The molecule has 0 aromatic carbocycles. The predicted octanol–water partition coefficient (Wildman–Crippen LogP) is 2.11. The molecule has 0 fully saturated rings. The van der Waals surface area contributed by atoms with E-state index in [1.807, 2.05) is 0 Å². The third-order valence-corrected chi connectivity index (χ3v) is 2.76. The minimum Gasteiger partial charge on any atom is -0.463 e. The summed E-state index contributed by atoms with van der Waals surface area (Å²) in [4.78, 5) is 21.7. The van der Waals surface area contributed by atoms with Crippen molar-refractivity contribution >= 4 is 34.6 Å². The molecule has 2 heterocycles. The number of fused-ring (bicyclic) bond motifs is 1. The van der Waals surface area contributed by atoms with Crippen LogP contribution in [0.4, 0.5) is 14.6 Å². The van der Waals surface area contributed by atoms with Crippen LogP contribution in [0.1, 0.15) is 5.56 Å². The highest BCUT2D eigenvalue weighted by Gasteiger charge is 2.30. The standard InChI is InChI=1S/C8H6N2O4S/c11-7(12)9-3-1-5-2-4-15-6(5)10(9)8(13)14/h1-4H,(H,11,12)(H,13,14). The first-order chi connectivity index (χ1) is 7.11. The van der Waals surface area contributed by atoms with E-state index >= 15 is 0 Å². The van der Waals surface area contributed by atoms with Crippen molar-refractivity contribution in [1.82, 2.24) is 5.01 Å². The lowest BCUT2D eigenvalue weighted by Gasteiger charge is -2.29. The molecule has 1 aliphatic heterocycles. The summed E-state index contributed by atoms with van der Waals surface area (Å²) in [6.07, 6.45) is 0.0865. The molecule has 1 aromatic heterocycles. The van der Waals surface area contributed by atoms with E-state index in [0.717, 1.165) is 0 Å². The summed E-state index contributed by atoms with van der Waals surface area (Å²) < 4.78 is 0. The van der Waals surface area contributed by atoms with Crippen molar-refractivity contribution in [3.8, 4) is 0 Å². The van der Waals surface area contributed by atoms with Crippen LogP contribution in [0.15, 0.2) is 17.6 Å². The molecular weight excluding hydrogens is 220 g/mol. The molecule has 0 unspecified atom stereocenters. The molecule has 0 saturated carbocycles. The number of hydrogen-bond donors (Lipinski definition) is 2. The molecule has 0 saturated heterocycles. The van der Waals surface area contributed by atoms with Gasteiger partial charge >= 0.3 is 12.2 Å². The Morgan fingerprint density at radius 1 is 1.27 bits per heavy atom. The van der Waals surface area contributed by atoms with E-state index < -0.39 is 12.2 Å². The summed E-state index contributed by atoms with van der Waals surface area (Å²) in [5.74, 6) is 0. The lowest BCUT2D eigenvalue weighted by Crippen LogP contribution is -2.46. The van der Waals surface area contributed by atoms with Crippen LogP contribution in [0.5, 0.6) is 0 Å². The number of amides is 2. The van der Waals surface area contributed by atoms with Crippen molar-refractivity contribution in [1.29, 1.82) is 0 Å². The Hall–Kier alpha value is -2.02. The molecule has 0 aliphatic carbocycles. The summed E-state index contributed by atoms with van der Waals surface area (Å²) in [7, 11) is 0. The molecule has 0 spiro atoms. The Bertz CT molecular complexity index is 453. The fourth-order valence-electron chi connectivity index (χ4n) is 1.25. The lowest BCUT2D eigenvalue weighted by molar-refractivity contribution is 0.148. The second-order valence-electron chi connectivity index (χ2n) is 2.72. The van der Waals surface area contributed by atoms with E-state index in [4.69, 9.17) is 10.2 Å². The van der Waals surface area contributed by atoms with Gasteiger partial charge in [0.2, 0.25) is 0 Å². The van der Waals surface area contributed by atoms with Gasteiger partial charge in [0.1, 0.15) is 5.00 Å². The largest absolute Gasteiger partial charge is 0.463 e. The second kappa shape index (κ2) is 3.28. The molecule has 2 N–H and O–H groups in total. The first-order valence-electron chi connectivity index (χ1n) is 3.92. The van der Waals surface area contributed by atoms with Gasteiger partial charge in [-0.1, -0.05) is 0 Å². The molecule has 0 bridgehead atoms. The summed E-state index contributed by atoms with van der Waals surface area (Å²) in [5.41, 5.74) is 0.694. The second-order valence-corrected chi connectivity index (χ2v) is 3.61. The van der Waals surface area contributed by atoms with E-state index in [1.54, 1.807) is 17.5 Å². The summed E-state index contributed by atoms with van der Waals surface area (Å²) >= 11 is 1.17. The van der Waals surface area contributed by atoms with Crippen molar-refractivity contribution < 1.29 is 19.8 Å². The molecule has 0 radical (unpaired) electrons. The highest BCUT2D eigenvalue weighted by molar-refractivity contribution is 7.14. The molecule has 1 aliphatic rings. The first-order valence-corrected chi connectivity index (χ1v) is 4.80. The SMILES string of the molecule is O=C(O)N1C=Cc2ccsc2N1C(=O)O. The molecule has 1 aromatic rings. The Balaban J connectivity index is 2.49. The number of rotatable bonds is 0. The Morgan fingerprint density at radius 2 is 2.00 bits per heavy atom. The minimum atomic E-state index is -1.34. The molecule has 2 amide bonds. The Labute approximate surface area is 88.2 Å². The van der Waals surface area contributed by atoms with Crippen LogP contribution in [0, 0.1) is 0 Å². The van der Waals surface area contributed by atoms with Crippen LogP contribution < -0.4 is 5.01 Å². The monoisotopic (exact) mass is 226 g/mol. The van der Waals surface area contributed by atoms with Crippen LogP contribution in [0.2, 0.25) is 0 Å². The lowest BCUT2D eigenvalue weighted by atomic mass is 10.3. The molecular formula is C8H6N2O4S. The number of nitrogens with zero attached hydrogens (tertiary/aromatic N) is 2. The van der Waals surface area contributed by atoms with E-state index in [0.29, 0.717) is 20.6 Å². The topological polar surface area (TPSA) is 81.1 Å². The van der Waals surface area contributed by atoms with Crippen LogP contribution in [0.3, 0.4) is 0 Å². The van der Waals surface area contributed by atoms with Crippen molar-refractivity contribution in [3.63, 3.8) is 0 Å². The van der Waals surface area contributed by atoms with Gasteiger partial charge in [0, 0.05) is 11.8 Å². The minimum absolute atomic E-state index is 0.382. The zero-order valence-corrected chi connectivity index (χ0v) is 8.14. The third kappa shape index (κ3) is 1.42. The smallest absolute Gasteiger partial charge is 0.432 e. The summed E-state index contributed by atoms with van der Waals surface area (Å²) in [5, 5.41) is 21.1. The quantitative estimate of drug-likeness (QED) is 0.709. The fourth-order valence-corrected chi connectivity index (χ4v) is 2.14.